The van der Waals surface area contributed by atoms with Crippen molar-refractivity contribution in [3.8, 4) is 0 Å². The molecule has 2 saturated heterocycles. The number of cyclic esters (lactones) is 2. The van der Waals surface area contributed by atoms with Gasteiger partial charge in [0.05, 0.1) is 36.7 Å². The number of ketones is 2. The van der Waals surface area contributed by atoms with Crippen molar-refractivity contribution in [3.05, 3.63) is 407 Å². The van der Waals surface area contributed by atoms with E-state index in [0.29, 0.717) is 68.2 Å². The SMILES string of the molecule is C=CCC(O)(CC[C@@H](C)c1ccc(Br)cc1)c1ccc(F)cc1.C=CC[C@@]1(c2ccc(F)cc2)CN([C@@H](C)c2ccc(Br)cc2)C(=O)O1.C=CC[C@]1(c2ccc(F)cc2)CN([C@@H](C)c2ccc(Br)cc2)C(=O)O1.C=C[CH2-].C[C@H](CCC(=O)c1ccc(F)cc1)c1ccc(Br)cc1.C[C@H](N)c1ccc(Br)cc1.O=C(CCl)c1ccc(F)cc1.O=CO[O-].[Br-].[H-].[K+].[K+].[Mg+2]. The van der Waals surface area contributed by atoms with Crippen LogP contribution in [-0.2, 0) is 36.0 Å². The van der Waals surface area contributed by atoms with Gasteiger partial charge in [0.25, 0.3) is 6.47 Å². The van der Waals surface area contributed by atoms with E-state index in [1.807, 2.05) is 118 Å². The van der Waals surface area contributed by atoms with Crippen LogP contribution in [0.3, 0.4) is 0 Å². The predicted molar refractivity (Wildman–Crippen MR) is 494 cm³/mol. The largest absolute Gasteiger partial charge is 2.00 e. The second-order valence-corrected chi connectivity index (χ2v) is 33.1. The smallest absolute Gasteiger partial charge is 1.00 e. The Kier molecular flexibility index (Phi) is 58.3. The van der Waals surface area contributed by atoms with Crippen LogP contribution >= 0.6 is 91.3 Å². The molecule has 0 aromatic heterocycles. The maximum atomic E-state index is 13.3. The van der Waals surface area contributed by atoms with Gasteiger partial charge in [-0.15, -0.1) is 31.3 Å². The van der Waals surface area contributed by atoms with Crippen molar-refractivity contribution in [1.82, 2.24) is 9.80 Å². The van der Waals surface area contributed by atoms with Crippen molar-refractivity contribution in [2.24, 2.45) is 5.73 Å². The molecule has 8 atom stereocenters. The number of alkyl halides is 1. The molecular weight excluding hydrogens is 2080 g/mol. The molecule has 0 bridgehead atoms. The molecule has 0 spiro atoms. The number of nitrogens with two attached hydrogens (primary N) is 1. The summed E-state index contributed by atoms with van der Waals surface area (Å²) in [4.78, 5) is 62.7. The zero-order valence-corrected chi connectivity index (χ0v) is 88.7. The summed E-state index contributed by atoms with van der Waals surface area (Å²) in [6, 6.07) is 69.4. The first-order valence-corrected chi connectivity index (χ1v) is 42.8. The molecule has 3 N–H and O–H groups in total. The monoisotopic (exact) mass is 2170 g/mol. The number of carbonyl (C=O) groups is 5. The summed E-state index contributed by atoms with van der Waals surface area (Å²) in [5.74, 6) is -1.12. The summed E-state index contributed by atoms with van der Waals surface area (Å²) >= 11 is 22.3. The van der Waals surface area contributed by atoms with Gasteiger partial charge in [0.15, 0.2) is 22.8 Å². The number of amides is 2. The third kappa shape index (κ3) is 39.6. The third-order valence-electron chi connectivity index (χ3n) is 19.6. The first-order valence-electron chi connectivity index (χ1n) is 38.3. The summed E-state index contributed by atoms with van der Waals surface area (Å²) in [7, 11) is 0. The number of allylic oxidation sites excluding steroid dienone is 1. The fourth-order valence-electron chi connectivity index (χ4n) is 12.7. The molecular formula is C97H99Br6ClF5K2MgN3O10. The second kappa shape index (κ2) is 61.7. The number of halogens is 12. The number of rotatable bonds is 26. The Morgan fingerprint density at radius 3 is 1.09 bits per heavy atom. The van der Waals surface area contributed by atoms with Gasteiger partial charge in [0.2, 0.25) is 0 Å². The first-order chi connectivity index (χ1) is 57.7. The quantitative estimate of drug-likeness (QED) is 0.00604. The molecule has 10 aromatic rings. The van der Waals surface area contributed by atoms with Crippen LogP contribution < -0.4 is 131 Å². The van der Waals surface area contributed by atoms with E-state index in [9.17, 15) is 46.2 Å². The van der Waals surface area contributed by atoms with E-state index in [4.69, 9.17) is 36.9 Å². The van der Waals surface area contributed by atoms with Crippen molar-refractivity contribution in [2.75, 3.05) is 19.0 Å². The Balaban J connectivity index is 0.00000149. The number of aliphatic hydroxyl groups is 1. The summed E-state index contributed by atoms with van der Waals surface area (Å²) in [6.45, 7) is 28.6. The zero-order valence-electron chi connectivity index (χ0n) is 71.8. The molecule has 28 heteroatoms. The van der Waals surface area contributed by atoms with E-state index in [1.54, 1.807) is 76.6 Å². The Bertz CT molecular complexity index is 4780. The van der Waals surface area contributed by atoms with Gasteiger partial charge in [0.1, 0.15) is 29.1 Å². The van der Waals surface area contributed by atoms with Crippen molar-refractivity contribution in [3.63, 3.8) is 0 Å². The molecule has 0 aliphatic carbocycles. The van der Waals surface area contributed by atoms with Gasteiger partial charge in [-0.05, 0) is 248 Å². The van der Waals surface area contributed by atoms with Crippen LogP contribution in [-0.4, -0.2) is 87.2 Å². The number of nitrogens with zero attached hydrogens (tertiary/aromatic N) is 2. The number of hydrogen-bond acceptors (Lipinski definition) is 11. The van der Waals surface area contributed by atoms with Crippen LogP contribution in [0.4, 0.5) is 31.5 Å². The average Bonchev–Trinajstić information content (AvgIpc) is 1.62. The van der Waals surface area contributed by atoms with E-state index in [1.165, 1.54) is 95.6 Å². The van der Waals surface area contributed by atoms with Crippen molar-refractivity contribution < 1.29 is 192 Å². The maximum Gasteiger partial charge on any atom is 2.00 e. The van der Waals surface area contributed by atoms with Crippen LogP contribution in [0, 0.1) is 36.0 Å². The Labute approximate surface area is 892 Å². The number of ether oxygens (including phenoxy) is 2. The van der Waals surface area contributed by atoms with E-state index in [-0.39, 0.29) is 228 Å². The molecule has 650 valence electrons. The Morgan fingerprint density at radius 2 is 0.800 bits per heavy atom. The predicted octanol–water partition coefficient (Wildman–Crippen LogP) is 17.3. The maximum absolute atomic E-state index is 13.3. The molecule has 0 radical (unpaired) electrons. The van der Waals surface area contributed by atoms with Crippen molar-refractivity contribution in [2.45, 2.75) is 126 Å². The van der Waals surface area contributed by atoms with Crippen LogP contribution in [0.1, 0.15) is 176 Å². The number of benzene rings is 10. The van der Waals surface area contributed by atoms with E-state index < -0.39 is 16.8 Å². The summed E-state index contributed by atoms with van der Waals surface area (Å²) in [5.41, 5.74) is 12.0. The minimum atomic E-state index is -1.00. The van der Waals surface area contributed by atoms with Gasteiger partial charge in [-0.1, -0.05) is 209 Å². The van der Waals surface area contributed by atoms with Crippen molar-refractivity contribution >= 4 is 145 Å². The minimum absolute atomic E-state index is 0. The average molecular weight is 2180 g/mol. The van der Waals surface area contributed by atoms with E-state index in [2.05, 4.69) is 156 Å². The molecule has 13 nitrogen and oxygen atoms in total. The molecule has 2 aliphatic rings. The summed E-state index contributed by atoms with van der Waals surface area (Å²) < 4.78 is 81.5. The number of carbonyl (C=O) groups excluding carboxylic acids is 5. The van der Waals surface area contributed by atoms with Gasteiger partial charge in [0, 0.05) is 58.8 Å². The van der Waals surface area contributed by atoms with Gasteiger partial charge in [-0.25, -0.2) is 51.1 Å². The van der Waals surface area contributed by atoms with Gasteiger partial charge < -0.3 is 48.9 Å². The minimum Gasteiger partial charge on any atom is -1.00 e. The molecule has 1 unspecified atom stereocenters. The molecule has 12 rings (SSSR count). The Hall–Kier alpha value is -4.88. The second-order valence-electron chi connectivity index (χ2n) is 28.3. The van der Waals surface area contributed by atoms with Gasteiger partial charge in [-0.3, -0.25) is 24.2 Å². The summed E-state index contributed by atoms with van der Waals surface area (Å²) in [6.07, 6.45) is 10.0. The standard InChI is InChI=1S/2C20H19BrFNO2.C20H22BrFO.C17H16BrFO.C8H10BrN.C8H6ClFO.C3H5.CH2O3.BrH.2K.Mg.H/c2*1-3-12-20(16-6-10-18(22)11-7-16)13-23(19(24)25-20)14(2)15-4-8-17(21)9-5-15;1-3-13-20(23,17-6-10-19(22)11-7-17)14-12-15(2)16-4-8-18(21)9-5-16;1-12(13-3-7-15(18)8-4-13)2-11-17(20)14-5-9-16(19)10-6-14;1-6(10)7-2-4-8(9)5-3-7;9-5-8(11)6-1-3-7(10)4-2-6;1-3-2;2-1-4-3;;;;;/h2*3-11,14H,1,12-13H2,2H3;3-11,15,23H,1,12-14H2,2H3;3-10,12H,2,11H2,1H3;2-6H,10H2,1H3;1-4H,5H2;3H,1-2H2;1,3H;1H;;;;/q;;;;;;-1;;;2*+1;+2;-1/p-2/t14-,20+;14-,20-;15-,20?;12-;6-;;;;;;;;/m00110......../s1. The molecule has 0 saturated carbocycles. The van der Waals surface area contributed by atoms with Gasteiger partial charge >= 0.3 is 138 Å². The molecule has 2 fully saturated rings. The topological polar surface area (TPSA) is 189 Å². The van der Waals surface area contributed by atoms with Gasteiger partial charge in [-0.2, -0.15) is 0 Å². The summed E-state index contributed by atoms with van der Waals surface area (Å²) in [5, 5.41) is 19.4. The Morgan fingerprint density at radius 1 is 0.520 bits per heavy atom. The van der Waals surface area contributed by atoms with Crippen LogP contribution in [0.5, 0.6) is 0 Å². The molecule has 2 heterocycles. The zero-order chi connectivity index (χ0) is 89.4. The van der Waals surface area contributed by atoms with Crippen LogP contribution in [0.15, 0.2) is 316 Å². The molecule has 125 heavy (non-hydrogen) atoms. The fraction of sp³-hybridized carbons (Fsp3) is 0.237. The third-order valence-corrected chi connectivity index (χ3v) is 22.5. The first kappa shape index (κ1) is 118. The van der Waals surface area contributed by atoms with Crippen LogP contribution in [0.25, 0.3) is 0 Å². The van der Waals surface area contributed by atoms with Crippen molar-refractivity contribution in [1.29, 1.82) is 0 Å². The normalized spacial score (nSPS) is 15.3. The molecule has 2 aliphatic heterocycles. The van der Waals surface area contributed by atoms with E-state index in [0.717, 1.165) is 63.0 Å². The molecule has 10 aromatic carbocycles. The number of hydrogen-bond donors (Lipinski definition) is 2. The number of Topliss-reactive ketones (excluding diaryl/α,β-unsaturated/α-hetero) is 2. The molecule has 2 amide bonds. The van der Waals surface area contributed by atoms with Crippen LogP contribution in [0.2, 0.25) is 0 Å². The van der Waals surface area contributed by atoms with E-state index >= 15 is 0 Å². The fourth-order valence-corrected chi connectivity index (χ4v) is 14.2.